The van der Waals surface area contributed by atoms with Crippen LogP contribution in [0.15, 0.2) is 63.8 Å². The lowest BCUT2D eigenvalue weighted by atomic mass is 9.96. The second-order valence-corrected chi connectivity index (χ2v) is 7.27. The molecule has 0 radical (unpaired) electrons. The van der Waals surface area contributed by atoms with Gasteiger partial charge in [0.1, 0.15) is 0 Å². The molecule has 1 atom stereocenters. The first-order valence-electron chi connectivity index (χ1n) is 9.84. The lowest BCUT2D eigenvalue weighted by Gasteiger charge is -2.32. The van der Waals surface area contributed by atoms with Gasteiger partial charge in [-0.15, -0.1) is 0 Å². The average Bonchev–Trinajstić information content (AvgIpc) is 3.07. The van der Waals surface area contributed by atoms with Crippen LogP contribution >= 0.6 is 0 Å². The molecule has 29 heavy (non-hydrogen) atoms. The molecule has 0 aliphatic carbocycles. The van der Waals surface area contributed by atoms with Crippen LogP contribution < -0.4 is 11.1 Å². The zero-order chi connectivity index (χ0) is 20.2. The summed E-state index contributed by atoms with van der Waals surface area (Å²) in [6, 6.07) is 16.5. The van der Waals surface area contributed by atoms with E-state index in [4.69, 9.17) is 4.42 Å². The van der Waals surface area contributed by atoms with Gasteiger partial charge < -0.3 is 14.6 Å². The van der Waals surface area contributed by atoms with Gasteiger partial charge in [-0.25, -0.2) is 4.79 Å². The topological polar surface area (TPSA) is 84.5 Å². The Kier molecular flexibility index (Phi) is 5.46. The number of aryl methyl sites for hydroxylation is 1. The van der Waals surface area contributed by atoms with Gasteiger partial charge in [0.15, 0.2) is 5.58 Å². The number of nitrogens with one attached hydrogen (secondary N) is 1. The van der Waals surface area contributed by atoms with Crippen LogP contribution in [-0.2, 0) is 16.1 Å². The Balaban J connectivity index is 1.36. The van der Waals surface area contributed by atoms with Gasteiger partial charge in [-0.1, -0.05) is 30.3 Å². The van der Waals surface area contributed by atoms with Crippen molar-refractivity contribution in [3.63, 3.8) is 0 Å². The molecule has 1 aliphatic rings. The first kappa shape index (κ1) is 19.0. The maximum atomic E-state index is 12.7. The van der Waals surface area contributed by atoms with Gasteiger partial charge in [-0.05, 0) is 37.1 Å². The molecule has 2 aromatic carbocycles. The number of para-hydroxylation sites is 3. The smallest absolute Gasteiger partial charge is 0.408 e. The molecule has 3 aromatic rings. The van der Waals surface area contributed by atoms with Gasteiger partial charge in [0.05, 0.1) is 11.4 Å². The van der Waals surface area contributed by atoms with Crippen LogP contribution in [0, 0.1) is 5.92 Å². The Morgan fingerprint density at radius 2 is 1.83 bits per heavy atom. The number of likely N-dealkylation sites (tertiary alicyclic amines) is 1. The molecular weight excluding hydrogens is 370 g/mol. The van der Waals surface area contributed by atoms with Crippen LogP contribution in [0.1, 0.15) is 19.3 Å². The fourth-order valence-corrected chi connectivity index (χ4v) is 3.77. The summed E-state index contributed by atoms with van der Waals surface area (Å²) < 4.78 is 6.69. The molecule has 0 bridgehead atoms. The lowest BCUT2D eigenvalue weighted by molar-refractivity contribution is -0.134. The van der Waals surface area contributed by atoms with Crippen LogP contribution in [0.2, 0.25) is 0 Å². The highest BCUT2D eigenvalue weighted by molar-refractivity contribution is 5.93. The number of fused-ring (bicyclic) bond motifs is 1. The van der Waals surface area contributed by atoms with Crippen LogP contribution in [0.5, 0.6) is 0 Å². The second kappa shape index (κ2) is 8.34. The molecular formula is C22H23N3O4. The van der Waals surface area contributed by atoms with Gasteiger partial charge in [0.2, 0.25) is 11.8 Å². The minimum Gasteiger partial charge on any atom is -0.408 e. The maximum Gasteiger partial charge on any atom is 0.419 e. The van der Waals surface area contributed by atoms with E-state index in [1.165, 1.54) is 4.57 Å². The number of oxazole rings is 1. The van der Waals surface area contributed by atoms with Crippen LogP contribution in [-0.4, -0.2) is 34.4 Å². The molecule has 0 saturated carbocycles. The third-order valence-corrected chi connectivity index (χ3v) is 5.31. The second-order valence-electron chi connectivity index (χ2n) is 7.27. The summed E-state index contributed by atoms with van der Waals surface area (Å²) in [6.07, 6.45) is 1.73. The standard InChI is InChI=1S/C22H23N3O4/c26-20(12-14-25-18-10-4-5-11-19(18)29-22(25)28)24-13-6-7-16(15-24)21(27)23-17-8-2-1-3-9-17/h1-5,8-11,16H,6-7,12-15H2,(H,23,27). The number of nitrogens with zero attached hydrogens (tertiary/aromatic N) is 2. The molecule has 1 N–H and O–H groups in total. The highest BCUT2D eigenvalue weighted by atomic mass is 16.4. The summed E-state index contributed by atoms with van der Waals surface area (Å²) in [7, 11) is 0. The van der Waals surface area contributed by atoms with Crippen molar-refractivity contribution in [1.82, 2.24) is 9.47 Å². The van der Waals surface area contributed by atoms with E-state index in [9.17, 15) is 14.4 Å². The molecule has 1 fully saturated rings. The van der Waals surface area contributed by atoms with Crippen molar-refractivity contribution in [2.24, 2.45) is 5.92 Å². The number of carbonyl (C=O) groups excluding carboxylic acids is 2. The molecule has 1 aromatic heterocycles. The summed E-state index contributed by atoms with van der Waals surface area (Å²) in [5.41, 5.74) is 1.96. The molecule has 2 heterocycles. The summed E-state index contributed by atoms with van der Waals surface area (Å²) in [5, 5.41) is 2.92. The molecule has 0 spiro atoms. The monoisotopic (exact) mass is 393 g/mol. The Morgan fingerprint density at radius 3 is 2.66 bits per heavy atom. The van der Waals surface area contributed by atoms with E-state index < -0.39 is 5.76 Å². The number of hydrogen-bond acceptors (Lipinski definition) is 4. The van der Waals surface area contributed by atoms with Crippen molar-refractivity contribution in [3.8, 4) is 0 Å². The molecule has 2 amide bonds. The van der Waals surface area contributed by atoms with E-state index in [0.717, 1.165) is 18.5 Å². The zero-order valence-corrected chi connectivity index (χ0v) is 16.0. The van der Waals surface area contributed by atoms with Gasteiger partial charge in [-0.3, -0.25) is 14.2 Å². The number of carbonyl (C=O) groups is 2. The van der Waals surface area contributed by atoms with E-state index in [1.807, 2.05) is 36.4 Å². The summed E-state index contributed by atoms with van der Waals surface area (Å²) in [6.45, 7) is 1.29. The first-order valence-corrected chi connectivity index (χ1v) is 9.84. The lowest BCUT2D eigenvalue weighted by Crippen LogP contribution is -2.44. The Hall–Kier alpha value is -3.35. The highest BCUT2D eigenvalue weighted by Crippen LogP contribution is 2.20. The maximum absolute atomic E-state index is 12.7. The Bertz CT molecular complexity index is 1070. The minimum absolute atomic E-state index is 0.0561. The normalized spacial score (nSPS) is 16.7. The van der Waals surface area contributed by atoms with Crippen LogP contribution in [0.25, 0.3) is 11.1 Å². The molecule has 1 unspecified atom stereocenters. The van der Waals surface area contributed by atoms with E-state index in [0.29, 0.717) is 24.2 Å². The quantitative estimate of drug-likeness (QED) is 0.722. The number of aromatic nitrogens is 1. The van der Waals surface area contributed by atoms with Gasteiger partial charge in [0.25, 0.3) is 0 Å². The average molecular weight is 393 g/mol. The molecule has 7 nitrogen and oxygen atoms in total. The van der Waals surface area contributed by atoms with Crippen LogP contribution in [0.3, 0.4) is 0 Å². The van der Waals surface area contributed by atoms with Crippen molar-refractivity contribution in [3.05, 3.63) is 65.1 Å². The molecule has 4 rings (SSSR count). The largest absolute Gasteiger partial charge is 0.419 e. The number of rotatable bonds is 5. The predicted molar refractivity (Wildman–Crippen MR) is 109 cm³/mol. The Morgan fingerprint density at radius 1 is 1.07 bits per heavy atom. The third kappa shape index (κ3) is 4.23. The van der Waals surface area contributed by atoms with Crippen LogP contribution in [0.4, 0.5) is 5.69 Å². The fraction of sp³-hybridized carbons (Fsp3) is 0.318. The van der Waals surface area contributed by atoms with Gasteiger partial charge in [-0.2, -0.15) is 0 Å². The van der Waals surface area contributed by atoms with Crippen molar-refractivity contribution in [2.45, 2.75) is 25.8 Å². The molecule has 150 valence electrons. The van der Waals surface area contributed by atoms with Gasteiger partial charge >= 0.3 is 5.76 Å². The van der Waals surface area contributed by atoms with Crippen molar-refractivity contribution in [1.29, 1.82) is 0 Å². The van der Waals surface area contributed by atoms with E-state index in [1.54, 1.807) is 23.1 Å². The summed E-state index contributed by atoms with van der Waals surface area (Å²) in [5.74, 6) is -0.812. The predicted octanol–water partition coefficient (Wildman–Crippen LogP) is 2.86. The van der Waals surface area contributed by atoms with Crippen molar-refractivity contribution >= 4 is 28.6 Å². The third-order valence-electron chi connectivity index (χ3n) is 5.31. The van der Waals surface area contributed by atoms with Gasteiger partial charge in [0, 0.05) is 31.7 Å². The van der Waals surface area contributed by atoms with E-state index >= 15 is 0 Å². The number of benzene rings is 2. The van der Waals surface area contributed by atoms with E-state index in [2.05, 4.69) is 5.32 Å². The van der Waals surface area contributed by atoms with Crippen molar-refractivity contribution in [2.75, 3.05) is 18.4 Å². The molecule has 7 heteroatoms. The molecule has 1 aliphatic heterocycles. The highest BCUT2D eigenvalue weighted by Gasteiger charge is 2.28. The summed E-state index contributed by atoms with van der Waals surface area (Å²) in [4.78, 5) is 39.1. The fourth-order valence-electron chi connectivity index (χ4n) is 3.77. The summed E-state index contributed by atoms with van der Waals surface area (Å²) >= 11 is 0. The number of anilines is 1. The SMILES string of the molecule is O=C(Nc1ccccc1)C1CCCN(C(=O)CCn2c(=O)oc3ccccc32)C1. The first-order chi connectivity index (χ1) is 14.1. The number of hydrogen-bond donors (Lipinski definition) is 1. The van der Waals surface area contributed by atoms with E-state index in [-0.39, 0.29) is 30.7 Å². The zero-order valence-electron chi connectivity index (χ0n) is 16.0. The van der Waals surface area contributed by atoms with Crippen molar-refractivity contribution < 1.29 is 14.0 Å². The number of amides is 2. The number of piperidine rings is 1. The Labute approximate surface area is 167 Å². The minimum atomic E-state index is -0.460. The molecule has 1 saturated heterocycles.